The topological polar surface area (TPSA) is 74.3 Å². The second-order valence-electron chi connectivity index (χ2n) is 6.90. The quantitative estimate of drug-likeness (QED) is 0.360. The van der Waals surface area contributed by atoms with Crippen LogP contribution in [0.4, 0.5) is 0 Å². The Hall–Kier alpha value is -2.25. The van der Waals surface area contributed by atoms with E-state index in [-0.39, 0.29) is 23.8 Å². The molecule has 0 saturated carbocycles. The molecule has 0 saturated heterocycles. The lowest BCUT2D eigenvalue weighted by atomic mass is 10.2. The summed E-state index contributed by atoms with van der Waals surface area (Å²) in [5.41, 5.74) is -0.315. The van der Waals surface area contributed by atoms with Gasteiger partial charge in [0, 0.05) is 5.02 Å². The van der Waals surface area contributed by atoms with Gasteiger partial charge in [-0.05, 0) is 51.1 Å². The van der Waals surface area contributed by atoms with Crippen LogP contribution >= 0.6 is 23.4 Å². The highest BCUT2D eigenvalue weighted by atomic mass is 35.5. The molecule has 0 unspecified atom stereocenters. The Kier molecular flexibility index (Phi) is 5.62. The number of esters is 1. The number of ether oxygens (including phenoxy) is 1. The van der Waals surface area contributed by atoms with E-state index in [0.29, 0.717) is 26.8 Å². The predicted molar refractivity (Wildman–Crippen MR) is 105 cm³/mol. The van der Waals surface area contributed by atoms with Crippen molar-refractivity contribution in [1.82, 2.24) is 9.55 Å². The molecule has 1 aromatic carbocycles. The molecule has 27 heavy (non-hydrogen) atoms. The number of rotatable bonds is 5. The van der Waals surface area contributed by atoms with E-state index in [1.807, 2.05) is 0 Å². The van der Waals surface area contributed by atoms with Gasteiger partial charge in [0.25, 0.3) is 5.56 Å². The molecule has 8 heteroatoms. The van der Waals surface area contributed by atoms with Gasteiger partial charge < -0.3 is 9.15 Å². The lowest BCUT2D eigenvalue weighted by Gasteiger charge is -2.19. The summed E-state index contributed by atoms with van der Waals surface area (Å²) in [6.45, 7) is 5.63. The Morgan fingerprint density at radius 2 is 2.11 bits per heavy atom. The van der Waals surface area contributed by atoms with Crippen LogP contribution in [0.25, 0.3) is 10.9 Å². The van der Waals surface area contributed by atoms with Crippen LogP contribution in [0.5, 0.6) is 0 Å². The van der Waals surface area contributed by atoms with Crippen LogP contribution in [-0.4, -0.2) is 26.9 Å². The number of furan rings is 1. The first-order chi connectivity index (χ1) is 12.7. The maximum atomic E-state index is 13.0. The summed E-state index contributed by atoms with van der Waals surface area (Å²) < 4.78 is 12.2. The standard InChI is InChI=1S/C19H19ClN2O4S/c1-19(2,3)26-16(23)11-27-18-21-15-9-12(20)6-7-14(15)17(24)22(18)10-13-5-4-8-25-13/h4-9H,10-11H2,1-3H3. The predicted octanol–water partition coefficient (Wildman–Crippen LogP) is 4.13. The normalized spacial score (nSPS) is 11.7. The molecule has 0 aliphatic heterocycles. The van der Waals surface area contributed by atoms with E-state index in [1.165, 1.54) is 4.57 Å². The molecule has 3 aromatic rings. The van der Waals surface area contributed by atoms with Crippen molar-refractivity contribution < 1.29 is 13.9 Å². The monoisotopic (exact) mass is 406 g/mol. The zero-order chi connectivity index (χ0) is 19.6. The summed E-state index contributed by atoms with van der Waals surface area (Å²) in [5, 5.41) is 1.34. The highest BCUT2D eigenvalue weighted by Gasteiger charge is 2.19. The second kappa shape index (κ2) is 7.78. The summed E-state index contributed by atoms with van der Waals surface area (Å²) in [5.74, 6) is 0.275. The van der Waals surface area contributed by atoms with Gasteiger partial charge in [0.15, 0.2) is 5.16 Å². The molecule has 142 valence electrons. The average Bonchev–Trinajstić information content (AvgIpc) is 3.07. The minimum atomic E-state index is -0.574. The van der Waals surface area contributed by atoms with Crippen molar-refractivity contribution in [1.29, 1.82) is 0 Å². The Labute approximate surface area is 165 Å². The fraction of sp³-hybridized carbons (Fsp3) is 0.316. The summed E-state index contributed by atoms with van der Waals surface area (Å²) in [4.78, 5) is 29.6. The van der Waals surface area contributed by atoms with Gasteiger partial charge in [-0.25, -0.2) is 4.98 Å². The van der Waals surface area contributed by atoms with Gasteiger partial charge in [0.1, 0.15) is 11.4 Å². The van der Waals surface area contributed by atoms with E-state index in [4.69, 9.17) is 20.8 Å². The SMILES string of the molecule is CC(C)(C)OC(=O)CSc1nc2cc(Cl)ccc2c(=O)n1Cc1ccco1. The highest BCUT2D eigenvalue weighted by molar-refractivity contribution is 7.99. The lowest BCUT2D eigenvalue weighted by molar-refractivity contribution is -0.151. The van der Waals surface area contributed by atoms with E-state index in [2.05, 4.69) is 4.98 Å². The molecular formula is C19H19ClN2O4S. The third kappa shape index (κ3) is 4.93. The van der Waals surface area contributed by atoms with Crippen molar-refractivity contribution in [3.63, 3.8) is 0 Å². The van der Waals surface area contributed by atoms with E-state index >= 15 is 0 Å². The molecule has 0 bridgehead atoms. The summed E-state index contributed by atoms with van der Waals surface area (Å²) in [6.07, 6.45) is 1.54. The smallest absolute Gasteiger partial charge is 0.316 e. The van der Waals surface area contributed by atoms with Crippen LogP contribution in [0, 0.1) is 0 Å². The first kappa shape index (κ1) is 19.5. The minimum Gasteiger partial charge on any atom is -0.467 e. The number of carbonyl (C=O) groups excluding carboxylic acids is 1. The molecule has 0 aliphatic carbocycles. The third-order valence-electron chi connectivity index (χ3n) is 3.52. The Bertz CT molecular complexity index is 1020. The fourth-order valence-electron chi connectivity index (χ4n) is 2.48. The molecule has 6 nitrogen and oxygen atoms in total. The van der Waals surface area contributed by atoms with Gasteiger partial charge in [-0.3, -0.25) is 14.2 Å². The Morgan fingerprint density at radius 3 is 2.78 bits per heavy atom. The summed E-state index contributed by atoms with van der Waals surface area (Å²) >= 11 is 7.18. The first-order valence-corrected chi connectivity index (χ1v) is 9.66. The molecule has 3 rings (SSSR count). The number of aromatic nitrogens is 2. The summed E-state index contributed by atoms with van der Waals surface area (Å²) in [6, 6.07) is 8.46. The van der Waals surface area contributed by atoms with Gasteiger partial charge in [-0.1, -0.05) is 23.4 Å². The molecule has 0 N–H and O–H groups in total. The van der Waals surface area contributed by atoms with Gasteiger partial charge in [-0.2, -0.15) is 0 Å². The van der Waals surface area contributed by atoms with Crippen LogP contribution < -0.4 is 5.56 Å². The number of halogens is 1. The number of benzene rings is 1. The number of fused-ring (bicyclic) bond motifs is 1. The largest absolute Gasteiger partial charge is 0.467 e. The molecular weight excluding hydrogens is 388 g/mol. The average molecular weight is 407 g/mol. The molecule has 0 fully saturated rings. The maximum Gasteiger partial charge on any atom is 0.316 e. The van der Waals surface area contributed by atoms with Crippen molar-refractivity contribution in [2.75, 3.05) is 5.75 Å². The van der Waals surface area contributed by atoms with E-state index in [9.17, 15) is 9.59 Å². The van der Waals surface area contributed by atoms with Crippen molar-refractivity contribution in [2.45, 2.75) is 38.1 Å². The van der Waals surface area contributed by atoms with Gasteiger partial charge in [0.2, 0.25) is 0 Å². The maximum absolute atomic E-state index is 13.0. The van der Waals surface area contributed by atoms with Crippen LogP contribution in [-0.2, 0) is 16.1 Å². The molecule has 0 atom stereocenters. The first-order valence-electron chi connectivity index (χ1n) is 8.30. The van der Waals surface area contributed by atoms with E-state index in [0.717, 1.165) is 11.8 Å². The van der Waals surface area contributed by atoms with Gasteiger partial charge >= 0.3 is 5.97 Å². The third-order valence-corrected chi connectivity index (χ3v) is 4.70. The van der Waals surface area contributed by atoms with Crippen LogP contribution in [0.1, 0.15) is 26.5 Å². The Balaban J connectivity index is 1.97. The molecule has 2 heterocycles. The Morgan fingerprint density at radius 1 is 1.33 bits per heavy atom. The number of carbonyl (C=O) groups is 1. The lowest BCUT2D eigenvalue weighted by Crippen LogP contribution is -2.26. The van der Waals surface area contributed by atoms with Crippen molar-refractivity contribution in [2.24, 2.45) is 0 Å². The minimum absolute atomic E-state index is 0.0357. The zero-order valence-electron chi connectivity index (χ0n) is 15.2. The molecule has 2 aromatic heterocycles. The fourth-order valence-corrected chi connectivity index (χ4v) is 3.41. The number of nitrogens with zero attached hydrogens (tertiary/aromatic N) is 2. The zero-order valence-corrected chi connectivity index (χ0v) is 16.8. The van der Waals surface area contributed by atoms with E-state index in [1.54, 1.807) is 57.4 Å². The van der Waals surface area contributed by atoms with Crippen LogP contribution in [0.3, 0.4) is 0 Å². The van der Waals surface area contributed by atoms with Gasteiger partial charge in [0.05, 0.1) is 29.5 Å². The van der Waals surface area contributed by atoms with Gasteiger partial charge in [-0.15, -0.1) is 0 Å². The molecule has 0 amide bonds. The number of hydrogen-bond acceptors (Lipinski definition) is 6. The van der Waals surface area contributed by atoms with Crippen molar-refractivity contribution in [3.05, 3.63) is 57.7 Å². The van der Waals surface area contributed by atoms with Crippen LogP contribution in [0.2, 0.25) is 5.02 Å². The number of hydrogen-bond donors (Lipinski definition) is 0. The molecule has 0 aliphatic rings. The summed E-state index contributed by atoms with van der Waals surface area (Å²) in [7, 11) is 0. The van der Waals surface area contributed by atoms with Crippen molar-refractivity contribution >= 4 is 40.2 Å². The highest BCUT2D eigenvalue weighted by Crippen LogP contribution is 2.22. The van der Waals surface area contributed by atoms with E-state index < -0.39 is 5.60 Å². The molecule has 0 spiro atoms. The van der Waals surface area contributed by atoms with Crippen molar-refractivity contribution in [3.8, 4) is 0 Å². The second-order valence-corrected chi connectivity index (χ2v) is 8.28. The van der Waals surface area contributed by atoms with Crippen LogP contribution in [0.15, 0.2) is 51.0 Å². The number of thioether (sulfide) groups is 1. The molecule has 0 radical (unpaired) electrons.